The van der Waals surface area contributed by atoms with Crippen LogP contribution >= 0.6 is 0 Å². The summed E-state index contributed by atoms with van der Waals surface area (Å²) in [5.74, 6) is -0.507. The number of rotatable bonds is 4. The van der Waals surface area contributed by atoms with Crippen LogP contribution in [0.25, 0.3) is 0 Å². The number of methoxy groups -OCH3 is 1. The topological polar surface area (TPSA) is 116 Å². The van der Waals surface area contributed by atoms with Gasteiger partial charge in [-0.15, -0.1) is 0 Å². The summed E-state index contributed by atoms with van der Waals surface area (Å²) < 4.78 is 28.4. The van der Waals surface area contributed by atoms with Crippen LogP contribution in [0.5, 0.6) is 0 Å². The zero-order valence-corrected chi connectivity index (χ0v) is 15.0. The third-order valence-electron chi connectivity index (χ3n) is 5.31. The van der Waals surface area contributed by atoms with Gasteiger partial charge in [-0.05, 0) is 49.3 Å². The van der Waals surface area contributed by atoms with E-state index in [1.807, 2.05) is 0 Å². The quantitative estimate of drug-likeness (QED) is 0.773. The van der Waals surface area contributed by atoms with Crippen molar-refractivity contribution in [2.24, 2.45) is 23.5 Å². The Balaban J connectivity index is 1.89. The summed E-state index contributed by atoms with van der Waals surface area (Å²) in [7, 11) is -2.34. The van der Waals surface area contributed by atoms with E-state index in [9.17, 15) is 18.0 Å². The SMILES string of the molecule is COC(=O)c1cc(NC(=O)C2C3CCC(C3)C2N)cc(S(C)(=O)=O)c1. The lowest BCUT2D eigenvalue weighted by Crippen LogP contribution is -2.42. The summed E-state index contributed by atoms with van der Waals surface area (Å²) in [5, 5.41) is 2.74. The Kier molecular flexibility index (Phi) is 4.59. The maximum Gasteiger partial charge on any atom is 0.337 e. The van der Waals surface area contributed by atoms with Gasteiger partial charge in [0.15, 0.2) is 9.84 Å². The Morgan fingerprint density at radius 2 is 1.88 bits per heavy atom. The molecule has 2 saturated carbocycles. The monoisotopic (exact) mass is 366 g/mol. The van der Waals surface area contributed by atoms with Crippen LogP contribution in [0.2, 0.25) is 0 Å². The van der Waals surface area contributed by atoms with Crippen LogP contribution in [-0.4, -0.2) is 39.7 Å². The highest BCUT2D eigenvalue weighted by Crippen LogP contribution is 2.47. The van der Waals surface area contributed by atoms with Crippen molar-refractivity contribution in [2.45, 2.75) is 30.2 Å². The van der Waals surface area contributed by atoms with Gasteiger partial charge >= 0.3 is 5.97 Å². The summed E-state index contributed by atoms with van der Waals surface area (Å²) in [6.07, 6.45) is 4.07. The molecule has 0 saturated heterocycles. The van der Waals surface area contributed by atoms with Gasteiger partial charge in [0.2, 0.25) is 5.91 Å². The van der Waals surface area contributed by atoms with Crippen molar-refractivity contribution in [1.82, 2.24) is 0 Å². The molecule has 1 aromatic carbocycles. The summed E-state index contributed by atoms with van der Waals surface area (Å²) in [4.78, 5) is 24.4. The number of benzene rings is 1. The van der Waals surface area contributed by atoms with Crippen molar-refractivity contribution in [3.8, 4) is 0 Å². The Morgan fingerprint density at radius 1 is 1.20 bits per heavy atom. The van der Waals surface area contributed by atoms with E-state index in [2.05, 4.69) is 10.1 Å². The van der Waals surface area contributed by atoms with Gasteiger partial charge in [-0.1, -0.05) is 0 Å². The first-order valence-electron chi connectivity index (χ1n) is 8.20. The third-order valence-corrected chi connectivity index (χ3v) is 6.40. The Hall–Kier alpha value is -1.93. The molecule has 7 nitrogen and oxygen atoms in total. The average molecular weight is 366 g/mol. The van der Waals surface area contributed by atoms with E-state index in [0.29, 0.717) is 5.92 Å². The van der Waals surface area contributed by atoms with Crippen LogP contribution in [0, 0.1) is 17.8 Å². The van der Waals surface area contributed by atoms with Gasteiger partial charge in [-0.2, -0.15) is 0 Å². The highest BCUT2D eigenvalue weighted by Gasteiger charge is 2.49. The highest BCUT2D eigenvalue weighted by molar-refractivity contribution is 7.90. The van der Waals surface area contributed by atoms with Crippen molar-refractivity contribution in [3.63, 3.8) is 0 Å². The molecule has 8 heteroatoms. The number of esters is 1. The molecule has 1 aromatic rings. The number of hydrogen-bond donors (Lipinski definition) is 2. The molecule has 4 atom stereocenters. The normalized spacial score (nSPS) is 28.0. The second-order valence-electron chi connectivity index (χ2n) is 6.94. The van der Waals surface area contributed by atoms with E-state index in [0.717, 1.165) is 25.5 Å². The first-order chi connectivity index (χ1) is 11.7. The molecule has 3 rings (SSSR count). The predicted molar refractivity (Wildman–Crippen MR) is 91.8 cm³/mol. The number of sulfone groups is 1. The fourth-order valence-corrected chi connectivity index (χ4v) is 4.75. The lowest BCUT2D eigenvalue weighted by atomic mass is 9.84. The molecule has 1 amide bonds. The molecule has 2 fully saturated rings. The van der Waals surface area contributed by atoms with Gasteiger partial charge in [0.25, 0.3) is 0 Å². The van der Waals surface area contributed by atoms with Crippen molar-refractivity contribution in [3.05, 3.63) is 23.8 Å². The molecule has 3 N–H and O–H groups in total. The van der Waals surface area contributed by atoms with Crippen molar-refractivity contribution < 1.29 is 22.7 Å². The lowest BCUT2D eigenvalue weighted by Gasteiger charge is -2.27. The molecule has 2 aliphatic carbocycles. The first-order valence-corrected chi connectivity index (χ1v) is 10.1. The van der Waals surface area contributed by atoms with Gasteiger partial charge in [0.1, 0.15) is 0 Å². The summed E-state index contributed by atoms with van der Waals surface area (Å²) in [5.41, 5.74) is 6.51. The maximum atomic E-state index is 12.7. The van der Waals surface area contributed by atoms with E-state index >= 15 is 0 Å². The molecule has 2 aliphatic rings. The number of nitrogens with one attached hydrogen (secondary N) is 1. The Bertz CT molecular complexity index is 818. The van der Waals surface area contributed by atoms with Crippen molar-refractivity contribution in [2.75, 3.05) is 18.7 Å². The summed E-state index contributed by atoms with van der Waals surface area (Å²) in [6.45, 7) is 0. The molecule has 0 aliphatic heterocycles. The zero-order valence-electron chi connectivity index (χ0n) is 14.2. The minimum absolute atomic E-state index is 0.0528. The summed E-state index contributed by atoms with van der Waals surface area (Å²) >= 11 is 0. The molecule has 136 valence electrons. The van der Waals surface area contributed by atoms with Crippen LogP contribution in [0.1, 0.15) is 29.6 Å². The number of carbonyl (C=O) groups excluding carboxylic acids is 2. The summed E-state index contributed by atoms with van der Waals surface area (Å²) in [6, 6.07) is 3.83. The van der Waals surface area contributed by atoms with Crippen LogP contribution in [0.15, 0.2) is 23.1 Å². The highest BCUT2D eigenvalue weighted by atomic mass is 32.2. The molecular weight excluding hydrogens is 344 g/mol. The van der Waals surface area contributed by atoms with Crippen LogP contribution < -0.4 is 11.1 Å². The first kappa shape index (κ1) is 17.9. The number of ether oxygens (including phenoxy) is 1. The minimum atomic E-state index is -3.55. The molecule has 0 radical (unpaired) electrons. The fraction of sp³-hybridized carbons (Fsp3) is 0.529. The second-order valence-corrected chi connectivity index (χ2v) is 8.95. The molecule has 0 aromatic heterocycles. The molecule has 2 bridgehead atoms. The minimum Gasteiger partial charge on any atom is -0.465 e. The molecule has 0 spiro atoms. The van der Waals surface area contributed by atoms with Gasteiger partial charge in [0.05, 0.1) is 23.5 Å². The van der Waals surface area contributed by atoms with Crippen molar-refractivity contribution >= 4 is 27.4 Å². The smallest absolute Gasteiger partial charge is 0.337 e. The number of amides is 1. The number of hydrogen-bond acceptors (Lipinski definition) is 6. The second kappa shape index (κ2) is 6.42. The number of fused-ring (bicyclic) bond motifs is 2. The lowest BCUT2D eigenvalue weighted by molar-refractivity contribution is -0.121. The molecular formula is C17H22N2O5S. The standard InChI is InChI=1S/C17H22N2O5S/c1-24-17(21)11-6-12(8-13(7-11)25(2,22)23)19-16(20)14-9-3-4-10(5-9)15(14)18/h6-10,14-15H,3-5,18H2,1-2H3,(H,19,20). The Morgan fingerprint density at radius 3 is 2.44 bits per heavy atom. The number of carbonyl (C=O) groups is 2. The van der Waals surface area contributed by atoms with E-state index in [4.69, 9.17) is 5.73 Å². The van der Waals surface area contributed by atoms with Crippen LogP contribution in [0.3, 0.4) is 0 Å². The largest absolute Gasteiger partial charge is 0.465 e. The van der Waals surface area contributed by atoms with Crippen molar-refractivity contribution in [1.29, 1.82) is 0 Å². The third kappa shape index (κ3) is 3.41. The van der Waals surface area contributed by atoms with Gasteiger partial charge in [0, 0.05) is 18.0 Å². The molecule has 25 heavy (non-hydrogen) atoms. The van der Waals surface area contributed by atoms with E-state index in [1.165, 1.54) is 25.3 Å². The molecule has 4 unspecified atom stereocenters. The van der Waals surface area contributed by atoms with Gasteiger partial charge < -0.3 is 15.8 Å². The van der Waals surface area contributed by atoms with Crippen LogP contribution in [0.4, 0.5) is 5.69 Å². The number of nitrogens with two attached hydrogens (primary N) is 1. The predicted octanol–water partition coefficient (Wildman–Crippen LogP) is 1.19. The Labute approximate surface area is 146 Å². The zero-order chi connectivity index (χ0) is 18.4. The van der Waals surface area contributed by atoms with E-state index in [-0.39, 0.29) is 39.9 Å². The van der Waals surface area contributed by atoms with Gasteiger partial charge in [-0.25, -0.2) is 13.2 Å². The fourth-order valence-electron chi connectivity index (χ4n) is 4.07. The van der Waals surface area contributed by atoms with Gasteiger partial charge in [-0.3, -0.25) is 4.79 Å². The maximum absolute atomic E-state index is 12.7. The van der Waals surface area contributed by atoms with E-state index in [1.54, 1.807) is 0 Å². The van der Waals surface area contributed by atoms with E-state index < -0.39 is 15.8 Å². The molecule has 0 heterocycles. The number of anilines is 1. The average Bonchev–Trinajstić information content (AvgIpc) is 3.13. The van der Waals surface area contributed by atoms with Crippen LogP contribution in [-0.2, 0) is 19.4 Å².